The average molecular weight is 179 g/mol. The van der Waals surface area contributed by atoms with Gasteiger partial charge in [0.25, 0.3) is 8.61 Å². The second-order valence-corrected chi connectivity index (χ2v) is 3.58. The fourth-order valence-electron chi connectivity index (χ4n) is 1.60. The van der Waals surface area contributed by atoms with E-state index in [4.69, 9.17) is 0 Å². The van der Waals surface area contributed by atoms with Crippen molar-refractivity contribution in [3.63, 3.8) is 0 Å². The molecule has 1 aliphatic rings. The standard InChI is InChI=1S/C9H10NOP/c11-12-10-7-3-5-8-4-1-2-6-9(8)10/h1-2,4,6H,3,5,7H2. The van der Waals surface area contributed by atoms with Crippen LogP contribution in [0.15, 0.2) is 24.3 Å². The van der Waals surface area contributed by atoms with Gasteiger partial charge in [-0.05, 0) is 24.5 Å². The first-order valence-electron chi connectivity index (χ1n) is 4.10. The molecule has 0 spiro atoms. The minimum atomic E-state index is 0.115. The maximum Gasteiger partial charge on any atom is 0.281 e. The number of anilines is 1. The highest BCUT2D eigenvalue weighted by Gasteiger charge is 2.15. The van der Waals surface area contributed by atoms with Gasteiger partial charge < -0.3 is 0 Å². The van der Waals surface area contributed by atoms with Crippen LogP contribution in [0.4, 0.5) is 5.69 Å². The van der Waals surface area contributed by atoms with Crippen molar-refractivity contribution >= 4 is 14.3 Å². The number of aryl methyl sites for hydroxylation is 1. The number of rotatable bonds is 1. The second kappa shape index (κ2) is 3.24. The quantitative estimate of drug-likeness (QED) is 0.617. The Labute approximate surface area is 73.5 Å². The number of hydrogen-bond acceptors (Lipinski definition) is 1. The van der Waals surface area contributed by atoms with Crippen molar-refractivity contribution in [2.75, 3.05) is 11.2 Å². The van der Waals surface area contributed by atoms with Gasteiger partial charge in [0, 0.05) is 6.54 Å². The maximum absolute atomic E-state index is 10.7. The van der Waals surface area contributed by atoms with Gasteiger partial charge in [0.15, 0.2) is 0 Å². The fraction of sp³-hybridized carbons (Fsp3) is 0.333. The van der Waals surface area contributed by atoms with Crippen LogP contribution in [-0.4, -0.2) is 6.54 Å². The predicted octanol–water partition coefficient (Wildman–Crippen LogP) is 2.65. The van der Waals surface area contributed by atoms with Crippen LogP contribution in [0.25, 0.3) is 0 Å². The van der Waals surface area contributed by atoms with E-state index in [2.05, 4.69) is 6.07 Å². The molecule has 1 heterocycles. The molecule has 0 amide bonds. The summed E-state index contributed by atoms with van der Waals surface area (Å²) in [6.45, 7) is 0.905. The molecule has 0 radical (unpaired) electrons. The van der Waals surface area contributed by atoms with Gasteiger partial charge in [-0.25, -0.2) is 4.57 Å². The Morgan fingerprint density at radius 1 is 1.33 bits per heavy atom. The van der Waals surface area contributed by atoms with Crippen LogP contribution in [-0.2, 0) is 11.0 Å². The molecule has 62 valence electrons. The molecule has 0 N–H and O–H groups in total. The van der Waals surface area contributed by atoms with E-state index in [0.717, 1.165) is 25.1 Å². The molecule has 0 saturated carbocycles. The Bertz CT molecular complexity index is 300. The summed E-state index contributed by atoms with van der Waals surface area (Å²) in [5, 5.41) is 0. The van der Waals surface area contributed by atoms with Crippen LogP contribution in [0, 0.1) is 0 Å². The van der Waals surface area contributed by atoms with Crippen molar-refractivity contribution in [1.29, 1.82) is 0 Å². The van der Waals surface area contributed by atoms with Crippen LogP contribution in [0.1, 0.15) is 12.0 Å². The van der Waals surface area contributed by atoms with E-state index in [1.807, 2.05) is 22.9 Å². The number of para-hydroxylation sites is 1. The SMILES string of the molecule is O=PN1CCCc2ccccc21. The lowest BCUT2D eigenvalue weighted by atomic mass is 10.0. The molecule has 0 fully saturated rings. The summed E-state index contributed by atoms with van der Waals surface area (Å²) >= 11 is 0. The molecule has 0 unspecified atom stereocenters. The normalized spacial score (nSPS) is 16.2. The average Bonchev–Trinajstić information content (AvgIpc) is 2.17. The third kappa shape index (κ3) is 1.23. The molecule has 2 rings (SSSR count). The lowest BCUT2D eigenvalue weighted by Crippen LogP contribution is -2.19. The minimum Gasteiger partial charge on any atom is -0.291 e. The van der Waals surface area contributed by atoms with E-state index < -0.39 is 0 Å². The number of hydrogen-bond donors (Lipinski definition) is 0. The number of nitrogens with zero attached hydrogens (tertiary/aromatic N) is 1. The van der Waals surface area contributed by atoms with E-state index in [0.29, 0.717) is 0 Å². The van der Waals surface area contributed by atoms with Crippen LogP contribution >= 0.6 is 8.61 Å². The Morgan fingerprint density at radius 2 is 2.17 bits per heavy atom. The second-order valence-electron chi connectivity index (χ2n) is 2.94. The molecule has 0 aromatic heterocycles. The fourth-order valence-corrected chi connectivity index (χ4v) is 2.10. The summed E-state index contributed by atoms with van der Waals surface area (Å²) in [7, 11) is 0.115. The van der Waals surface area contributed by atoms with Crippen molar-refractivity contribution in [3.05, 3.63) is 29.8 Å². The van der Waals surface area contributed by atoms with Gasteiger partial charge in [0.1, 0.15) is 0 Å². The molecule has 3 heteroatoms. The van der Waals surface area contributed by atoms with Crippen LogP contribution in [0.2, 0.25) is 0 Å². The molecule has 1 aromatic carbocycles. The first-order chi connectivity index (χ1) is 5.92. The van der Waals surface area contributed by atoms with Crippen LogP contribution < -0.4 is 4.67 Å². The molecule has 1 aromatic rings. The zero-order chi connectivity index (χ0) is 8.39. The summed E-state index contributed by atoms with van der Waals surface area (Å²) < 4.78 is 12.6. The Kier molecular flexibility index (Phi) is 2.09. The maximum atomic E-state index is 10.7. The summed E-state index contributed by atoms with van der Waals surface area (Å²) in [4.78, 5) is 0. The van der Waals surface area contributed by atoms with Crippen molar-refractivity contribution in [2.24, 2.45) is 0 Å². The lowest BCUT2D eigenvalue weighted by molar-refractivity contribution is 0.594. The van der Waals surface area contributed by atoms with Crippen molar-refractivity contribution < 1.29 is 4.57 Å². The van der Waals surface area contributed by atoms with Crippen LogP contribution in [0.3, 0.4) is 0 Å². The van der Waals surface area contributed by atoms with Crippen LogP contribution in [0.5, 0.6) is 0 Å². The lowest BCUT2D eigenvalue weighted by Gasteiger charge is -2.24. The molecule has 0 saturated heterocycles. The number of fused-ring (bicyclic) bond motifs is 1. The molecule has 2 nitrogen and oxygen atoms in total. The van der Waals surface area contributed by atoms with Crippen molar-refractivity contribution in [3.8, 4) is 0 Å². The highest BCUT2D eigenvalue weighted by molar-refractivity contribution is 7.26. The topological polar surface area (TPSA) is 20.3 Å². The molecule has 0 bridgehead atoms. The Morgan fingerprint density at radius 3 is 3.00 bits per heavy atom. The smallest absolute Gasteiger partial charge is 0.281 e. The van der Waals surface area contributed by atoms with Gasteiger partial charge in [-0.1, -0.05) is 18.2 Å². The summed E-state index contributed by atoms with van der Waals surface area (Å²) in [6, 6.07) is 8.15. The molecule has 0 atom stereocenters. The van der Waals surface area contributed by atoms with Gasteiger partial charge >= 0.3 is 0 Å². The Balaban J connectivity index is 2.43. The zero-order valence-electron chi connectivity index (χ0n) is 6.73. The Hall–Kier alpha value is -0.880. The molecule has 0 aliphatic carbocycles. The van der Waals surface area contributed by atoms with Gasteiger partial charge in [-0.2, -0.15) is 0 Å². The third-order valence-corrected chi connectivity index (χ3v) is 2.80. The highest BCUT2D eigenvalue weighted by Crippen LogP contribution is 2.30. The number of benzene rings is 1. The monoisotopic (exact) mass is 179 g/mol. The predicted molar refractivity (Wildman–Crippen MR) is 49.7 cm³/mol. The molecular formula is C9H10NOP. The van der Waals surface area contributed by atoms with E-state index >= 15 is 0 Å². The molecule has 12 heavy (non-hydrogen) atoms. The summed E-state index contributed by atoms with van der Waals surface area (Å²) in [6.07, 6.45) is 2.22. The summed E-state index contributed by atoms with van der Waals surface area (Å²) in [5.41, 5.74) is 2.44. The zero-order valence-corrected chi connectivity index (χ0v) is 7.63. The van der Waals surface area contributed by atoms with Gasteiger partial charge in [-0.3, -0.25) is 4.67 Å². The summed E-state index contributed by atoms with van der Waals surface area (Å²) in [5.74, 6) is 0. The minimum absolute atomic E-state index is 0.115. The van der Waals surface area contributed by atoms with Crippen molar-refractivity contribution in [2.45, 2.75) is 12.8 Å². The van der Waals surface area contributed by atoms with E-state index in [1.54, 1.807) is 0 Å². The molecular weight excluding hydrogens is 169 g/mol. The first kappa shape index (κ1) is 7.75. The largest absolute Gasteiger partial charge is 0.291 e. The van der Waals surface area contributed by atoms with E-state index in [9.17, 15) is 4.57 Å². The highest BCUT2D eigenvalue weighted by atomic mass is 31.1. The van der Waals surface area contributed by atoms with E-state index in [-0.39, 0.29) is 8.61 Å². The third-order valence-electron chi connectivity index (χ3n) is 2.18. The molecule has 1 aliphatic heterocycles. The van der Waals surface area contributed by atoms with Gasteiger partial charge in [0.05, 0.1) is 5.69 Å². The first-order valence-corrected chi connectivity index (χ1v) is 4.87. The van der Waals surface area contributed by atoms with Gasteiger partial charge in [-0.15, -0.1) is 0 Å². The van der Waals surface area contributed by atoms with Gasteiger partial charge in [0.2, 0.25) is 0 Å². The van der Waals surface area contributed by atoms with E-state index in [1.165, 1.54) is 5.56 Å². The van der Waals surface area contributed by atoms with Crippen molar-refractivity contribution in [1.82, 2.24) is 0 Å².